The summed E-state index contributed by atoms with van der Waals surface area (Å²) >= 11 is 0. The second-order valence-corrected chi connectivity index (χ2v) is 9.31. The first-order valence-corrected chi connectivity index (χ1v) is 11.2. The van der Waals surface area contributed by atoms with E-state index in [9.17, 15) is 9.18 Å². The summed E-state index contributed by atoms with van der Waals surface area (Å²) in [5.74, 6) is 0.461. The molecule has 2 heterocycles. The molecule has 0 saturated carbocycles. The van der Waals surface area contributed by atoms with Gasteiger partial charge in [0.15, 0.2) is 0 Å². The Morgan fingerprint density at radius 2 is 2.06 bits per heavy atom. The quantitative estimate of drug-likeness (QED) is 0.672. The Bertz CT molecular complexity index is 1050. The van der Waals surface area contributed by atoms with Crippen LogP contribution in [0.3, 0.4) is 0 Å². The van der Waals surface area contributed by atoms with E-state index < -0.39 is 5.67 Å². The molecule has 2 N–H and O–H groups in total. The lowest BCUT2D eigenvalue weighted by molar-refractivity contribution is 0.0930. The molecule has 1 amide bonds. The van der Waals surface area contributed by atoms with Crippen molar-refractivity contribution in [1.29, 1.82) is 0 Å². The molecule has 31 heavy (non-hydrogen) atoms. The number of nitrogens with one attached hydrogen (secondary N) is 2. The van der Waals surface area contributed by atoms with Gasteiger partial charge in [-0.15, -0.1) is 0 Å². The van der Waals surface area contributed by atoms with E-state index in [0.29, 0.717) is 31.8 Å². The second kappa shape index (κ2) is 8.06. The molecular formula is C25H31FN4O. The highest BCUT2D eigenvalue weighted by Gasteiger charge is 2.32. The molecule has 0 spiro atoms. The van der Waals surface area contributed by atoms with Crippen LogP contribution >= 0.6 is 0 Å². The topological polar surface area (TPSA) is 66.9 Å². The number of benzene rings is 1. The number of fused-ring (bicyclic) bond motifs is 2. The molecule has 4 rings (SSSR count). The van der Waals surface area contributed by atoms with Crippen LogP contribution in [-0.4, -0.2) is 34.6 Å². The zero-order chi connectivity index (χ0) is 22.2. The molecule has 2 aromatic rings. The van der Waals surface area contributed by atoms with Crippen LogP contribution < -0.4 is 10.6 Å². The summed E-state index contributed by atoms with van der Waals surface area (Å²) in [6.07, 6.45) is 6.50. The van der Waals surface area contributed by atoms with Crippen molar-refractivity contribution in [2.75, 3.05) is 18.4 Å². The van der Waals surface area contributed by atoms with Crippen LogP contribution in [0.2, 0.25) is 0 Å². The normalized spacial score (nSPS) is 18.5. The van der Waals surface area contributed by atoms with Crippen molar-refractivity contribution in [3.8, 4) is 0 Å². The predicted octanol–water partition coefficient (Wildman–Crippen LogP) is 4.82. The van der Waals surface area contributed by atoms with Gasteiger partial charge in [0, 0.05) is 35.7 Å². The highest BCUT2D eigenvalue weighted by Crippen LogP contribution is 2.36. The van der Waals surface area contributed by atoms with E-state index in [1.54, 1.807) is 0 Å². The highest BCUT2D eigenvalue weighted by molar-refractivity contribution is 5.98. The number of nitrogens with zero attached hydrogens (tertiary/aromatic N) is 2. The largest absolute Gasteiger partial charge is 0.351 e. The van der Waals surface area contributed by atoms with Crippen molar-refractivity contribution < 1.29 is 9.18 Å². The molecule has 1 aliphatic carbocycles. The van der Waals surface area contributed by atoms with Gasteiger partial charge in [0.25, 0.3) is 5.91 Å². The Morgan fingerprint density at radius 3 is 2.81 bits per heavy atom. The third-order valence-corrected chi connectivity index (χ3v) is 6.55. The Labute approximate surface area is 183 Å². The molecular weight excluding hydrogens is 391 g/mol. The second-order valence-electron chi connectivity index (χ2n) is 9.31. The standard InChI is InChI=1S/C25H31FN4O/c1-5-11-25(26,6-2)15-29-23-27-13-19-17(9-10-21(19)30-23)16-7-8-18-20(12-16)24(3,4)14-28-22(18)31/h7-9,12-13H,5-6,10-11,14-15H2,1-4H3,(H,28,31)(H,27,29,30). The number of carbonyl (C=O) groups is 1. The number of rotatable bonds is 7. The number of allylic oxidation sites excluding steroid dienone is 1. The maximum Gasteiger partial charge on any atom is 0.251 e. The summed E-state index contributed by atoms with van der Waals surface area (Å²) in [5.41, 5.74) is 4.55. The van der Waals surface area contributed by atoms with Crippen LogP contribution in [0.4, 0.5) is 10.3 Å². The van der Waals surface area contributed by atoms with Gasteiger partial charge in [-0.25, -0.2) is 14.4 Å². The van der Waals surface area contributed by atoms with E-state index in [1.807, 2.05) is 32.2 Å². The van der Waals surface area contributed by atoms with Crippen molar-refractivity contribution in [1.82, 2.24) is 15.3 Å². The highest BCUT2D eigenvalue weighted by atomic mass is 19.1. The van der Waals surface area contributed by atoms with Gasteiger partial charge in [0.05, 0.1) is 12.2 Å². The Morgan fingerprint density at radius 1 is 1.26 bits per heavy atom. The smallest absolute Gasteiger partial charge is 0.251 e. The minimum absolute atomic E-state index is 0.0141. The van der Waals surface area contributed by atoms with Crippen LogP contribution in [0.1, 0.15) is 79.7 Å². The zero-order valence-corrected chi connectivity index (χ0v) is 18.8. The van der Waals surface area contributed by atoms with Gasteiger partial charge in [0.1, 0.15) is 5.67 Å². The molecule has 1 aromatic carbocycles. The molecule has 0 fully saturated rings. The summed E-state index contributed by atoms with van der Waals surface area (Å²) in [6, 6.07) is 6.04. The first kappa shape index (κ1) is 21.5. The van der Waals surface area contributed by atoms with E-state index in [4.69, 9.17) is 0 Å². The third-order valence-electron chi connectivity index (χ3n) is 6.55. The fraction of sp³-hybridized carbons (Fsp3) is 0.480. The van der Waals surface area contributed by atoms with Crippen molar-refractivity contribution in [2.45, 2.75) is 64.5 Å². The summed E-state index contributed by atoms with van der Waals surface area (Å²) in [4.78, 5) is 21.4. The molecule has 0 radical (unpaired) electrons. The van der Waals surface area contributed by atoms with Gasteiger partial charge in [-0.05, 0) is 41.7 Å². The van der Waals surface area contributed by atoms with E-state index >= 15 is 0 Å². The number of aromatic nitrogens is 2. The summed E-state index contributed by atoms with van der Waals surface area (Å²) in [7, 11) is 0. The molecule has 0 bridgehead atoms. The van der Waals surface area contributed by atoms with Crippen molar-refractivity contribution in [3.63, 3.8) is 0 Å². The number of amides is 1. The maximum absolute atomic E-state index is 14.8. The van der Waals surface area contributed by atoms with E-state index in [-0.39, 0.29) is 17.9 Å². The predicted molar refractivity (Wildman–Crippen MR) is 122 cm³/mol. The average molecular weight is 423 g/mol. The zero-order valence-electron chi connectivity index (χ0n) is 18.8. The van der Waals surface area contributed by atoms with Gasteiger partial charge >= 0.3 is 0 Å². The molecule has 5 nitrogen and oxygen atoms in total. The number of carbonyl (C=O) groups excluding carboxylic acids is 1. The van der Waals surface area contributed by atoms with Crippen molar-refractivity contribution >= 4 is 17.4 Å². The van der Waals surface area contributed by atoms with Gasteiger partial charge in [-0.1, -0.05) is 46.3 Å². The molecule has 2 aliphatic rings. The number of anilines is 1. The Kier molecular flexibility index (Phi) is 5.58. The van der Waals surface area contributed by atoms with Gasteiger partial charge in [-0.3, -0.25) is 4.79 Å². The van der Waals surface area contributed by atoms with Crippen LogP contribution in [-0.2, 0) is 11.8 Å². The van der Waals surface area contributed by atoms with Crippen molar-refractivity contribution in [2.24, 2.45) is 0 Å². The summed E-state index contributed by atoms with van der Waals surface area (Å²) in [5, 5.41) is 6.06. The molecule has 1 atom stereocenters. The van der Waals surface area contributed by atoms with E-state index in [2.05, 4.69) is 46.6 Å². The van der Waals surface area contributed by atoms with Crippen LogP contribution in [0.25, 0.3) is 5.57 Å². The fourth-order valence-electron chi connectivity index (χ4n) is 4.50. The monoisotopic (exact) mass is 422 g/mol. The van der Waals surface area contributed by atoms with Gasteiger partial charge < -0.3 is 10.6 Å². The molecule has 1 aliphatic heterocycles. The average Bonchev–Trinajstić information content (AvgIpc) is 3.18. The van der Waals surface area contributed by atoms with Gasteiger partial charge in [-0.2, -0.15) is 0 Å². The first-order chi connectivity index (χ1) is 14.8. The molecule has 0 saturated heterocycles. The minimum atomic E-state index is -1.23. The fourth-order valence-corrected chi connectivity index (χ4v) is 4.50. The first-order valence-electron chi connectivity index (χ1n) is 11.2. The van der Waals surface area contributed by atoms with Crippen LogP contribution in [0.15, 0.2) is 30.5 Å². The number of alkyl halides is 1. The Balaban J connectivity index is 1.57. The lowest BCUT2D eigenvalue weighted by Gasteiger charge is -2.33. The molecule has 1 unspecified atom stereocenters. The Hall–Kier alpha value is -2.76. The SMILES string of the molecule is CCCC(F)(CC)CNc1ncc2c(n1)CC=C2c1ccc2c(c1)C(C)(C)CNC2=O. The molecule has 1 aromatic heterocycles. The number of hydrogen-bond acceptors (Lipinski definition) is 4. The minimum Gasteiger partial charge on any atom is -0.351 e. The van der Waals surface area contributed by atoms with Gasteiger partial charge in [0.2, 0.25) is 5.95 Å². The third kappa shape index (κ3) is 4.08. The lowest BCUT2D eigenvalue weighted by atomic mass is 9.77. The summed E-state index contributed by atoms with van der Waals surface area (Å²) in [6.45, 7) is 9.01. The van der Waals surface area contributed by atoms with E-state index in [1.165, 1.54) is 0 Å². The maximum atomic E-state index is 14.8. The number of halogens is 1. The van der Waals surface area contributed by atoms with Crippen LogP contribution in [0.5, 0.6) is 0 Å². The van der Waals surface area contributed by atoms with Crippen LogP contribution in [0, 0.1) is 0 Å². The van der Waals surface area contributed by atoms with E-state index in [0.717, 1.165) is 39.9 Å². The lowest BCUT2D eigenvalue weighted by Crippen LogP contribution is -2.43. The molecule has 164 valence electrons. The summed E-state index contributed by atoms with van der Waals surface area (Å²) < 4.78 is 14.8. The van der Waals surface area contributed by atoms with Crippen molar-refractivity contribution in [3.05, 3.63) is 58.4 Å². The molecule has 6 heteroatoms. The number of hydrogen-bond donors (Lipinski definition) is 2.